The Morgan fingerprint density at radius 3 is 2.57 bits per heavy atom. The van der Waals surface area contributed by atoms with Crippen molar-refractivity contribution in [2.75, 3.05) is 41.3 Å². The monoisotopic (exact) mass is 394 g/mol. The molecule has 0 aliphatic carbocycles. The summed E-state index contributed by atoms with van der Waals surface area (Å²) in [6, 6.07) is 16.4. The number of rotatable bonds is 5. The fraction of sp³-hybridized carbons (Fsp3) is 0.286. The SMILES string of the molecule is Cc1cccc(CNc2nncc(N3CCN(c4cccc(Cl)c4)CC3)n2)c1. The van der Waals surface area contributed by atoms with E-state index in [1.54, 1.807) is 6.20 Å². The molecule has 7 heteroatoms. The van der Waals surface area contributed by atoms with Gasteiger partial charge in [-0.3, -0.25) is 0 Å². The molecule has 1 aromatic heterocycles. The van der Waals surface area contributed by atoms with Gasteiger partial charge in [0.1, 0.15) is 0 Å². The van der Waals surface area contributed by atoms with E-state index in [0.717, 1.165) is 42.7 Å². The van der Waals surface area contributed by atoms with Gasteiger partial charge in [-0.2, -0.15) is 10.1 Å². The lowest BCUT2D eigenvalue weighted by Gasteiger charge is -2.36. The third kappa shape index (κ3) is 4.51. The summed E-state index contributed by atoms with van der Waals surface area (Å²) < 4.78 is 0. The zero-order chi connectivity index (χ0) is 19.3. The summed E-state index contributed by atoms with van der Waals surface area (Å²) >= 11 is 6.12. The molecule has 3 aromatic rings. The van der Waals surface area contributed by atoms with E-state index < -0.39 is 0 Å². The van der Waals surface area contributed by atoms with E-state index >= 15 is 0 Å². The van der Waals surface area contributed by atoms with Crippen LogP contribution >= 0.6 is 11.6 Å². The average Bonchev–Trinajstić information content (AvgIpc) is 2.73. The summed E-state index contributed by atoms with van der Waals surface area (Å²) in [6.45, 7) is 6.35. The van der Waals surface area contributed by atoms with Crippen LogP contribution in [0.2, 0.25) is 5.02 Å². The second-order valence-electron chi connectivity index (χ2n) is 6.93. The van der Waals surface area contributed by atoms with Crippen LogP contribution in [0.1, 0.15) is 11.1 Å². The van der Waals surface area contributed by atoms with Gasteiger partial charge in [0.2, 0.25) is 5.95 Å². The van der Waals surface area contributed by atoms with Crippen molar-refractivity contribution in [3.8, 4) is 0 Å². The number of aryl methyl sites for hydroxylation is 1. The Kier molecular flexibility index (Phi) is 5.58. The molecule has 2 aromatic carbocycles. The Labute approximate surface area is 170 Å². The van der Waals surface area contributed by atoms with Crippen LogP contribution in [-0.2, 0) is 6.54 Å². The number of piperazine rings is 1. The van der Waals surface area contributed by atoms with Gasteiger partial charge >= 0.3 is 0 Å². The van der Waals surface area contributed by atoms with E-state index in [2.05, 4.69) is 67.6 Å². The lowest BCUT2D eigenvalue weighted by Crippen LogP contribution is -2.47. The Bertz CT molecular complexity index is 939. The summed E-state index contributed by atoms with van der Waals surface area (Å²) in [7, 11) is 0. The van der Waals surface area contributed by atoms with Gasteiger partial charge in [-0.05, 0) is 30.7 Å². The quantitative estimate of drug-likeness (QED) is 0.710. The van der Waals surface area contributed by atoms with Gasteiger partial charge in [-0.1, -0.05) is 47.5 Å². The maximum Gasteiger partial charge on any atom is 0.244 e. The van der Waals surface area contributed by atoms with Crippen LogP contribution in [0.15, 0.2) is 54.7 Å². The molecule has 28 heavy (non-hydrogen) atoms. The first kappa shape index (κ1) is 18.5. The fourth-order valence-corrected chi connectivity index (χ4v) is 3.58. The number of anilines is 3. The molecular formula is C21H23ClN6. The van der Waals surface area contributed by atoms with Gasteiger partial charge in [-0.15, -0.1) is 5.10 Å². The molecule has 144 valence electrons. The van der Waals surface area contributed by atoms with Gasteiger partial charge in [0.05, 0.1) is 6.20 Å². The number of hydrogen-bond acceptors (Lipinski definition) is 6. The molecule has 0 saturated carbocycles. The number of benzene rings is 2. The number of hydrogen-bond donors (Lipinski definition) is 1. The summed E-state index contributed by atoms with van der Waals surface area (Å²) in [5.74, 6) is 1.41. The zero-order valence-corrected chi connectivity index (χ0v) is 16.6. The highest BCUT2D eigenvalue weighted by Crippen LogP contribution is 2.22. The largest absolute Gasteiger partial charge is 0.368 e. The van der Waals surface area contributed by atoms with Crippen molar-refractivity contribution in [2.45, 2.75) is 13.5 Å². The normalized spacial score (nSPS) is 14.2. The molecule has 1 N–H and O–H groups in total. The minimum absolute atomic E-state index is 0.552. The highest BCUT2D eigenvalue weighted by molar-refractivity contribution is 6.30. The fourth-order valence-electron chi connectivity index (χ4n) is 3.39. The van der Waals surface area contributed by atoms with Crippen molar-refractivity contribution < 1.29 is 0 Å². The van der Waals surface area contributed by atoms with Crippen molar-refractivity contribution >= 4 is 29.1 Å². The maximum absolute atomic E-state index is 6.12. The van der Waals surface area contributed by atoms with Crippen LogP contribution in [0.25, 0.3) is 0 Å². The molecule has 6 nitrogen and oxygen atoms in total. The third-order valence-electron chi connectivity index (χ3n) is 4.86. The molecule has 4 rings (SSSR count). The number of nitrogens with one attached hydrogen (secondary N) is 1. The van der Waals surface area contributed by atoms with Crippen LogP contribution in [-0.4, -0.2) is 41.4 Å². The Balaban J connectivity index is 1.37. The number of halogens is 1. The minimum atomic E-state index is 0.552. The van der Waals surface area contributed by atoms with E-state index in [-0.39, 0.29) is 0 Å². The molecule has 1 aliphatic heterocycles. The summed E-state index contributed by atoms with van der Waals surface area (Å²) in [6.07, 6.45) is 1.73. The Morgan fingerprint density at radius 2 is 1.79 bits per heavy atom. The second-order valence-corrected chi connectivity index (χ2v) is 7.37. The molecule has 0 radical (unpaired) electrons. The summed E-state index contributed by atoms with van der Waals surface area (Å²) in [5.41, 5.74) is 3.60. The summed E-state index contributed by atoms with van der Waals surface area (Å²) in [4.78, 5) is 9.23. The van der Waals surface area contributed by atoms with Crippen molar-refractivity contribution in [3.05, 3.63) is 70.9 Å². The second kappa shape index (κ2) is 8.44. The Morgan fingerprint density at radius 1 is 1.00 bits per heavy atom. The molecular weight excluding hydrogens is 372 g/mol. The first-order chi connectivity index (χ1) is 13.7. The molecule has 1 aliphatic rings. The van der Waals surface area contributed by atoms with Crippen LogP contribution in [0.3, 0.4) is 0 Å². The number of nitrogens with zero attached hydrogens (tertiary/aromatic N) is 5. The molecule has 0 bridgehead atoms. The smallest absolute Gasteiger partial charge is 0.244 e. The highest BCUT2D eigenvalue weighted by atomic mass is 35.5. The molecule has 0 spiro atoms. The molecule has 0 unspecified atom stereocenters. The highest BCUT2D eigenvalue weighted by Gasteiger charge is 2.19. The van der Waals surface area contributed by atoms with Crippen molar-refractivity contribution in [1.29, 1.82) is 0 Å². The van der Waals surface area contributed by atoms with E-state index in [4.69, 9.17) is 11.6 Å². The van der Waals surface area contributed by atoms with E-state index in [1.807, 2.05) is 18.2 Å². The predicted octanol–water partition coefficient (Wildman–Crippen LogP) is 3.77. The van der Waals surface area contributed by atoms with Gasteiger partial charge in [0, 0.05) is 43.4 Å². The molecule has 2 heterocycles. The van der Waals surface area contributed by atoms with Crippen LogP contribution in [0.5, 0.6) is 0 Å². The van der Waals surface area contributed by atoms with Crippen molar-refractivity contribution in [2.24, 2.45) is 0 Å². The maximum atomic E-state index is 6.12. The van der Waals surface area contributed by atoms with Gasteiger partial charge in [0.25, 0.3) is 0 Å². The summed E-state index contributed by atoms with van der Waals surface area (Å²) in [5, 5.41) is 12.3. The molecule has 1 fully saturated rings. The van der Waals surface area contributed by atoms with Gasteiger partial charge in [0.15, 0.2) is 5.82 Å². The standard InChI is InChI=1S/C21H23ClN6/c1-16-4-2-5-17(12-16)14-23-21-25-20(15-24-26-21)28-10-8-27(9-11-28)19-7-3-6-18(22)13-19/h2-7,12-13,15H,8-11,14H2,1H3,(H,23,25,26). The molecule has 1 saturated heterocycles. The van der Waals surface area contributed by atoms with Crippen molar-refractivity contribution in [1.82, 2.24) is 15.2 Å². The zero-order valence-electron chi connectivity index (χ0n) is 15.8. The van der Waals surface area contributed by atoms with Crippen LogP contribution in [0, 0.1) is 6.92 Å². The first-order valence-electron chi connectivity index (χ1n) is 9.42. The molecule has 0 atom stereocenters. The van der Waals surface area contributed by atoms with E-state index in [9.17, 15) is 0 Å². The lowest BCUT2D eigenvalue weighted by molar-refractivity contribution is 0.644. The lowest BCUT2D eigenvalue weighted by atomic mass is 10.1. The predicted molar refractivity (Wildman–Crippen MR) is 114 cm³/mol. The van der Waals surface area contributed by atoms with E-state index in [0.29, 0.717) is 12.5 Å². The third-order valence-corrected chi connectivity index (χ3v) is 5.09. The van der Waals surface area contributed by atoms with Crippen LogP contribution in [0.4, 0.5) is 17.5 Å². The number of aromatic nitrogens is 3. The van der Waals surface area contributed by atoms with Gasteiger partial charge < -0.3 is 15.1 Å². The topological polar surface area (TPSA) is 57.2 Å². The van der Waals surface area contributed by atoms with Crippen molar-refractivity contribution in [3.63, 3.8) is 0 Å². The average molecular weight is 395 g/mol. The van der Waals surface area contributed by atoms with Crippen LogP contribution < -0.4 is 15.1 Å². The van der Waals surface area contributed by atoms with E-state index in [1.165, 1.54) is 11.1 Å². The first-order valence-corrected chi connectivity index (χ1v) is 9.80. The minimum Gasteiger partial charge on any atom is -0.368 e. The Hall–Kier alpha value is -2.86. The van der Waals surface area contributed by atoms with Gasteiger partial charge in [-0.25, -0.2) is 0 Å². The molecule has 0 amide bonds.